The molecule has 0 unspecified atom stereocenters. The van der Waals surface area contributed by atoms with Gasteiger partial charge >= 0.3 is 5.97 Å². The number of hydrogen-bond donors (Lipinski definition) is 0. The number of benzene rings is 1. The van der Waals surface area contributed by atoms with Crippen LogP contribution in [0.3, 0.4) is 0 Å². The molecular formula is C19H29BrO4. The van der Waals surface area contributed by atoms with Crippen LogP contribution in [-0.4, -0.2) is 25.8 Å². The highest BCUT2D eigenvalue weighted by Crippen LogP contribution is 2.34. The lowest BCUT2D eigenvalue weighted by Crippen LogP contribution is -2.10. The van der Waals surface area contributed by atoms with Crippen LogP contribution < -0.4 is 9.47 Å². The van der Waals surface area contributed by atoms with E-state index in [2.05, 4.69) is 36.7 Å². The van der Waals surface area contributed by atoms with Crippen LogP contribution in [0.15, 0.2) is 16.6 Å². The third-order valence-electron chi connectivity index (χ3n) is 3.50. The van der Waals surface area contributed by atoms with E-state index in [4.69, 9.17) is 14.2 Å². The van der Waals surface area contributed by atoms with Gasteiger partial charge in [-0.25, -0.2) is 4.79 Å². The minimum Gasteiger partial charge on any atom is -0.493 e. The molecule has 5 heteroatoms. The summed E-state index contributed by atoms with van der Waals surface area (Å²) in [7, 11) is 0. The van der Waals surface area contributed by atoms with E-state index in [1.165, 1.54) is 0 Å². The Morgan fingerprint density at radius 2 is 1.42 bits per heavy atom. The summed E-state index contributed by atoms with van der Waals surface area (Å²) in [6.07, 6.45) is 5.87. The van der Waals surface area contributed by atoms with Crippen LogP contribution >= 0.6 is 15.9 Å². The molecule has 0 saturated carbocycles. The van der Waals surface area contributed by atoms with Crippen molar-refractivity contribution in [3.8, 4) is 11.5 Å². The molecule has 0 heterocycles. The van der Waals surface area contributed by atoms with Crippen molar-refractivity contribution in [3.05, 3.63) is 22.2 Å². The van der Waals surface area contributed by atoms with Crippen molar-refractivity contribution in [1.82, 2.24) is 0 Å². The first kappa shape index (κ1) is 20.8. The van der Waals surface area contributed by atoms with Gasteiger partial charge in [-0.05, 0) is 41.3 Å². The van der Waals surface area contributed by atoms with Crippen molar-refractivity contribution >= 4 is 21.9 Å². The molecule has 4 nitrogen and oxygen atoms in total. The van der Waals surface area contributed by atoms with E-state index in [9.17, 15) is 4.79 Å². The third kappa shape index (κ3) is 7.12. The lowest BCUT2D eigenvalue weighted by molar-refractivity contribution is 0.0495. The van der Waals surface area contributed by atoms with Crippen LogP contribution in [0.1, 0.15) is 69.7 Å². The van der Waals surface area contributed by atoms with Crippen molar-refractivity contribution in [2.45, 2.75) is 59.3 Å². The maximum Gasteiger partial charge on any atom is 0.341 e. The molecule has 0 atom stereocenters. The summed E-state index contributed by atoms with van der Waals surface area (Å²) >= 11 is 3.48. The first-order valence-electron chi connectivity index (χ1n) is 8.90. The number of rotatable bonds is 12. The molecule has 0 N–H and O–H groups in total. The molecule has 24 heavy (non-hydrogen) atoms. The quantitative estimate of drug-likeness (QED) is 0.330. The van der Waals surface area contributed by atoms with E-state index in [-0.39, 0.29) is 5.97 Å². The van der Waals surface area contributed by atoms with Crippen LogP contribution in [0, 0.1) is 0 Å². The predicted octanol–water partition coefficient (Wildman–Crippen LogP) is 5.76. The van der Waals surface area contributed by atoms with Crippen LogP contribution in [0.2, 0.25) is 0 Å². The fourth-order valence-electron chi connectivity index (χ4n) is 1.96. The van der Waals surface area contributed by atoms with Gasteiger partial charge in [0.05, 0.1) is 24.3 Å². The van der Waals surface area contributed by atoms with E-state index < -0.39 is 0 Å². The van der Waals surface area contributed by atoms with Crippen molar-refractivity contribution in [2.24, 2.45) is 0 Å². The van der Waals surface area contributed by atoms with E-state index >= 15 is 0 Å². The van der Waals surface area contributed by atoms with Crippen LogP contribution in [0.25, 0.3) is 0 Å². The SMILES string of the molecule is CCCCOC(=O)c1cc(Br)c(OCCCC)cc1OCCCC. The summed E-state index contributed by atoms with van der Waals surface area (Å²) in [5.41, 5.74) is 0.442. The minimum absolute atomic E-state index is 0.351. The van der Waals surface area contributed by atoms with Crippen molar-refractivity contribution in [1.29, 1.82) is 0 Å². The molecule has 0 aromatic heterocycles. The zero-order valence-electron chi connectivity index (χ0n) is 15.0. The molecule has 0 aliphatic carbocycles. The second-order valence-corrected chi connectivity index (χ2v) is 6.53. The minimum atomic E-state index is -0.351. The number of esters is 1. The number of carbonyl (C=O) groups is 1. The molecule has 0 fully saturated rings. The van der Waals surface area contributed by atoms with Gasteiger partial charge in [-0.15, -0.1) is 0 Å². The van der Waals surface area contributed by atoms with Gasteiger partial charge in [0.25, 0.3) is 0 Å². The number of ether oxygens (including phenoxy) is 3. The van der Waals surface area contributed by atoms with Gasteiger partial charge in [0.1, 0.15) is 17.1 Å². The van der Waals surface area contributed by atoms with Crippen LogP contribution in [0.5, 0.6) is 11.5 Å². The lowest BCUT2D eigenvalue weighted by Gasteiger charge is -2.15. The highest BCUT2D eigenvalue weighted by atomic mass is 79.9. The molecule has 1 rings (SSSR count). The molecular weight excluding hydrogens is 372 g/mol. The zero-order chi connectivity index (χ0) is 17.8. The Balaban J connectivity index is 2.92. The maximum absolute atomic E-state index is 12.3. The molecule has 0 amide bonds. The second-order valence-electron chi connectivity index (χ2n) is 5.67. The fraction of sp³-hybridized carbons (Fsp3) is 0.632. The molecule has 0 spiro atoms. The predicted molar refractivity (Wildman–Crippen MR) is 100 cm³/mol. The number of carbonyl (C=O) groups excluding carboxylic acids is 1. The number of unbranched alkanes of at least 4 members (excludes halogenated alkanes) is 3. The van der Waals surface area contributed by atoms with Crippen LogP contribution in [-0.2, 0) is 4.74 Å². The Labute approximate surface area is 154 Å². The average molecular weight is 401 g/mol. The molecule has 1 aromatic carbocycles. The first-order valence-corrected chi connectivity index (χ1v) is 9.69. The number of halogens is 1. The summed E-state index contributed by atoms with van der Waals surface area (Å²) < 4.78 is 17.7. The summed E-state index contributed by atoms with van der Waals surface area (Å²) in [6.45, 7) is 7.92. The van der Waals surface area contributed by atoms with E-state index in [1.807, 2.05) is 0 Å². The standard InChI is InChI=1S/C19H29BrO4/c1-4-7-10-22-17-14-18(23-11-8-5-2)16(20)13-15(17)19(21)24-12-9-6-3/h13-14H,4-12H2,1-3H3. The van der Waals surface area contributed by atoms with Gasteiger partial charge in [0.15, 0.2) is 0 Å². The molecule has 1 aromatic rings. The van der Waals surface area contributed by atoms with Gasteiger partial charge < -0.3 is 14.2 Å². The normalized spacial score (nSPS) is 10.5. The molecule has 0 aliphatic rings. The fourth-order valence-corrected chi connectivity index (χ4v) is 2.42. The largest absolute Gasteiger partial charge is 0.493 e. The second kappa shape index (κ2) is 12.2. The molecule has 0 saturated heterocycles. The van der Waals surface area contributed by atoms with Crippen LogP contribution in [0.4, 0.5) is 0 Å². The Morgan fingerprint density at radius 3 is 2.00 bits per heavy atom. The van der Waals surface area contributed by atoms with Gasteiger partial charge in [0.2, 0.25) is 0 Å². The van der Waals surface area contributed by atoms with Crippen molar-refractivity contribution in [2.75, 3.05) is 19.8 Å². The van der Waals surface area contributed by atoms with Gasteiger partial charge in [0, 0.05) is 6.07 Å². The molecule has 0 radical (unpaired) electrons. The Bertz CT molecular complexity index is 502. The molecule has 0 bridgehead atoms. The summed E-state index contributed by atoms with van der Waals surface area (Å²) in [4.78, 5) is 12.3. The summed E-state index contributed by atoms with van der Waals surface area (Å²) in [5.74, 6) is 0.871. The number of hydrogen-bond acceptors (Lipinski definition) is 4. The van der Waals surface area contributed by atoms with Gasteiger partial charge in [-0.2, -0.15) is 0 Å². The van der Waals surface area contributed by atoms with Crippen molar-refractivity contribution < 1.29 is 19.0 Å². The van der Waals surface area contributed by atoms with E-state index in [1.54, 1.807) is 12.1 Å². The van der Waals surface area contributed by atoms with Crippen molar-refractivity contribution in [3.63, 3.8) is 0 Å². The highest BCUT2D eigenvalue weighted by Gasteiger charge is 2.18. The molecule has 136 valence electrons. The Hall–Kier alpha value is -1.23. The topological polar surface area (TPSA) is 44.8 Å². The zero-order valence-corrected chi connectivity index (χ0v) is 16.6. The summed E-state index contributed by atoms with van der Waals surface area (Å²) in [6, 6.07) is 3.52. The summed E-state index contributed by atoms with van der Waals surface area (Å²) in [5, 5.41) is 0. The Morgan fingerprint density at radius 1 is 0.875 bits per heavy atom. The lowest BCUT2D eigenvalue weighted by atomic mass is 10.2. The monoisotopic (exact) mass is 400 g/mol. The first-order chi connectivity index (χ1) is 11.6. The van der Waals surface area contributed by atoms with E-state index in [0.29, 0.717) is 36.9 Å². The highest BCUT2D eigenvalue weighted by molar-refractivity contribution is 9.10. The average Bonchev–Trinajstić information content (AvgIpc) is 2.57. The van der Waals surface area contributed by atoms with E-state index in [0.717, 1.165) is 43.0 Å². The molecule has 0 aliphatic heterocycles. The Kier molecular flexibility index (Phi) is 10.6. The van der Waals surface area contributed by atoms with Gasteiger partial charge in [-0.3, -0.25) is 0 Å². The smallest absolute Gasteiger partial charge is 0.341 e. The maximum atomic E-state index is 12.3. The third-order valence-corrected chi connectivity index (χ3v) is 4.12. The van der Waals surface area contributed by atoms with Gasteiger partial charge in [-0.1, -0.05) is 40.0 Å².